The Bertz CT molecular complexity index is 1010. The van der Waals surface area contributed by atoms with E-state index in [4.69, 9.17) is 21.1 Å². The van der Waals surface area contributed by atoms with Crippen molar-refractivity contribution in [3.8, 4) is 16.9 Å². The molecule has 30 heavy (non-hydrogen) atoms. The van der Waals surface area contributed by atoms with Crippen molar-refractivity contribution in [2.45, 2.75) is 6.42 Å². The summed E-state index contributed by atoms with van der Waals surface area (Å²) in [5.41, 5.74) is 3.12. The van der Waals surface area contributed by atoms with Crippen molar-refractivity contribution < 1.29 is 14.3 Å². The zero-order chi connectivity index (χ0) is 20.9. The van der Waals surface area contributed by atoms with Crippen molar-refractivity contribution in [2.75, 3.05) is 46.4 Å². The third-order valence-electron chi connectivity index (χ3n) is 5.44. The molecule has 0 saturated carbocycles. The summed E-state index contributed by atoms with van der Waals surface area (Å²) in [7, 11) is 1.38. The number of piperazine rings is 1. The second-order valence-electron chi connectivity index (χ2n) is 7.39. The van der Waals surface area contributed by atoms with E-state index in [2.05, 4.69) is 15.2 Å². The monoisotopic (exact) mass is 427 g/mol. The van der Waals surface area contributed by atoms with Crippen LogP contribution in [0.4, 0.5) is 0 Å². The summed E-state index contributed by atoms with van der Waals surface area (Å²) in [4.78, 5) is 17.5. The molecule has 0 bridgehead atoms. The van der Waals surface area contributed by atoms with Gasteiger partial charge in [0.15, 0.2) is 0 Å². The standard InChI is InChI=1S/C23H26ClN3O3/c1-29-23(28)20-15-26-22-14-21(24)18(13-19(20)22)16-3-5-17(6-4-16)30-12-2-9-27-10-7-25-8-11-27/h3-6,13-15,25-26H,2,7-12H2,1H3. The normalized spacial score (nSPS) is 14.7. The van der Waals surface area contributed by atoms with Gasteiger partial charge in [-0.15, -0.1) is 0 Å². The van der Waals surface area contributed by atoms with Gasteiger partial charge in [0.25, 0.3) is 0 Å². The molecule has 1 aromatic heterocycles. The first-order valence-electron chi connectivity index (χ1n) is 10.2. The van der Waals surface area contributed by atoms with E-state index in [1.54, 1.807) is 6.20 Å². The lowest BCUT2D eigenvalue weighted by Crippen LogP contribution is -2.43. The highest BCUT2D eigenvalue weighted by Crippen LogP contribution is 2.34. The van der Waals surface area contributed by atoms with Crippen LogP contribution < -0.4 is 10.1 Å². The molecule has 6 nitrogen and oxygen atoms in total. The minimum absolute atomic E-state index is 0.376. The summed E-state index contributed by atoms with van der Waals surface area (Å²) in [6.45, 7) is 6.12. The Balaban J connectivity index is 1.42. The summed E-state index contributed by atoms with van der Waals surface area (Å²) < 4.78 is 10.8. The van der Waals surface area contributed by atoms with Gasteiger partial charge in [-0.05, 0) is 36.2 Å². The van der Waals surface area contributed by atoms with Crippen LogP contribution in [-0.2, 0) is 4.74 Å². The first kappa shape index (κ1) is 20.7. The van der Waals surface area contributed by atoms with Gasteiger partial charge in [-0.3, -0.25) is 0 Å². The van der Waals surface area contributed by atoms with Gasteiger partial charge in [-0.1, -0.05) is 23.7 Å². The molecule has 158 valence electrons. The minimum Gasteiger partial charge on any atom is -0.494 e. The van der Waals surface area contributed by atoms with Gasteiger partial charge < -0.3 is 24.7 Å². The number of fused-ring (bicyclic) bond motifs is 1. The average Bonchev–Trinajstić information content (AvgIpc) is 3.19. The first-order chi connectivity index (χ1) is 14.7. The molecule has 0 aliphatic carbocycles. The summed E-state index contributed by atoms with van der Waals surface area (Å²) in [5, 5.41) is 4.77. The Hall–Kier alpha value is -2.54. The van der Waals surface area contributed by atoms with Crippen molar-refractivity contribution in [2.24, 2.45) is 0 Å². The fraction of sp³-hybridized carbons (Fsp3) is 0.348. The number of esters is 1. The van der Waals surface area contributed by atoms with E-state index in [1.807, 2.05) is 36.4 Å². The first-order valence-corrected chi connectivity index (χ1v) is 10.6. The van der Waals surface area contributed by atoms with Crippen LogP contribution in [0.5, 0.6) is 5.75 Å². The molecule has 2 heterocycles. The van der Waals surface area contributed by atoms with Crippen molar-refractivity contribution in [3.63, 3.8) is 0 Å². The predicted molar refractivity (Wildman–Crippen MR) is 120 cm³/mol. The zero-order valence-corrected chi connectivity index (χ0v) is 17.8. The van der Waals surface area contributed by atoms with Gasteiger partial charge in [0.1, 0.15) is 5.75 Å². The molecule has 1 aliphatic rings. The highest BCUT2D eigenvalue weighted by Gasteiger charge is 2.15. The Morgan fingerprint density at radius 3 is 2.67 bits per heavy atom. The number of hydrogen-bond donors (Lipinski definition) is 2. The molecular weight excluding hydrogens is 402 g/mol. The minimum atomic E-state index is -0.376. The summed E-state index contributed by atoms with van der Waals surface area (Å²) >= 11 is 6.50. The highest BCUT2D eigenvalue weighted by atomic mass is 35.5. The van der Waals surface area contributed by atoms with Gasteiger partial charge in [-0.2, -0.15) is 0 Å². The number of H-pyrrole nitrogens is 1. The SMILES string of the molecule is COC(=O)c1c[nH]c2cc(Cl)c(-c3ccc(OCCCN4CCNCC4)cc3)cc12. The number of carbonyl (C=O) groups excluding carboxylic acids is 1. The molecule has 7 heteroatoms. The molecule has 0 atom stereocenters. The number of ether oxygens (including phenoxy) is 2. The highest BCUT2D eigenvalue weighted by molar-refractivity contribution is 6.34. The molecular formula is C23H26ClN3O3. The molecule has 1 saturated heterocycles. The molecule has 0 unspecified atom stereocenters. The second-order valence-corrected chi connectivity index (χ2v) is 7.80. The number of aromatic nitrogens is 1. The fourth-order valence-electron chi connectivity index (χ4n) is 3.79. The number of hydrogen-bond acceptors (Lipinski definition) is 5. The molecule has 2 aromatic carbocycles. The van der Waals surface area contributed by atoms with Crippen LogP contribution in [0.2, 0.25) is 5.02 Å². The summed E-state index contributed by atoms with van der Waals surface area (Å²) in [6, 6.07) is 11.6. The molecule has 3 aromatic rings. The Kier molecular flexibility index (Phi) is 6.57. The molecule has 1 fully saturated rings. The van der Waals surface area contributed by atoms with Crippen LogP contribution in [0, 0.1) is 0 Å². The maximum Gasteiger partial charge on any atom is 0.340 e. The van der Waals surface area contributed by atoms with Crippen LogP contribution in [0.1, 0.15) is 16.8 Å². The van der Waals surface area contributed by atoms with E-state index >= 15 is 0 Å². The summed E-state index contributed by atoms with van der Waals surface area (Å²) in [5.74, 6) is 0.465. The number of nitrogens with zero attached hydrogens (tertiary/aromatic N) is 1. The third kappa shape index (κ3) is 4.61. The lowest BCUT2D eigenvalue weighted by molar-refractivity contribution is 0.0603. The van der Waals surface area contributed by atoms with Crippen LogP contribution in [0.25, 0.3) is 22.0 Å². The van der Waals surface area contributed by atoms with E-state index < -0.39 is 0 Å². The molecule has 2 N–H and O–H groups in total. The van der Waals surface area contributed by atoms with E-state index in [1.165, 1.54) is 7.11 Å². The third-order valence-corrected chi connectivity index (χ3v) is 5.75. The van der Waals surface area contributed by atoms with Gasteiger partial charge in [-0.25, -0.2) is 4.79 Å². The van der Waals surface area contributed by atoms with Gasteiger partial charge in [0.05, 0.1) is 24.3 Å². The van der Waals surface area contributed by atoms with Crippen LogP contribution in [-0.4, -0.2) is 62.3 Å². The molecule has 1 aliphatic heterocycles. The van der Waals surface area contributed by atoms with Crippen LogP contribution in [0.15, 0.2) is 42.6 Å². The van der Waals surface area contributed by atoms with E-state index in [0.717, 1.165) is 66.9 Å². The van der Waals surface area contributed by atoms with Gasteiger partial charge in [0, 0.05) is 55.4 Å². The van der Waals surface area contributed by atoms with Crippen molar-refractivity contribution >= 4 is 28.5 Å². The Morgan fingerprint density at radius 1 is 1.17 bits per heavy atom. The molecule has 4 rings (SSSR count). The number of benzene rings is 2. The lowest BCUT2D eigenvalue weighted by atomic mass is 10.0. The Labute approximate surface area is 181 Å². The average molecular weight is 428 g/mol. The molecule has 0 spiro atoms. The largest absolute Gasteiger partial charge is 0.494 e. The molecule has 0 radical (unpaired) electrons. The smallest absolute Gasteiger partial charge is 0.340 e. The van der Waals surface area contributed by atoms with Crippen molar-refractivity contribution in [1.82, 2.24) is 15.2 Å². The van der Waals surface area contributed by atoms with E-state index in [0.29, 0.717) is 17.2 Å². The number of aromatic amines is 1. The van der Waals surface area contributed by atoms with Crippen LogP contribution in [0.3, 0.4) is 0 Å². The quantitative estimate of drug-likeness (QED) is 0.441. The van der Waals surface area contributed by atoms with E-state index in [9.17, 15) is 4.79 Å². The second kappa shape index (κ2) is 9.51. The number of halogens is 1. The number of carbonyl (C=O) groups is 1. The summed E-state index contributed by atoms with van der Waals surface area (Å²) in [6.07, 6.45) is 2.65. The fourth-order valence-corrected chi connectivity index (χ4v) is 4.06. The topological polar surface area (TPSA) is 66.6 Å². The van der Waals surface area contributed by atoms with Gasteiger partial charge >= 0.3 is 5.97 Å². The van der Waals surface area contributed by atoms with Gasteiger partial charge in [0.2, 0.25) is 0 Å². The van der Waals surface area contributed by atoms with Crippen molar-refractivity contribution in [3.05, 3.63) is 53.2 Å². The Morgan fingerprint density at radius 2 is 1.93 bits per heavy atom. The van der Waals surface area contributed by atoms with Crippen molar-refractivity contribution in [1.29, 1.82) is 0 Å². The maximum absolute atomic E-state index is 12.0. The number of rotatable bonds is 7. The predicted octanol–water partition coefficient (Wildman–Crippen LogP) is 3.95. The lowest BCUT2D eigenvalue weighted by Gasteiger charge is -2.26. The number of methoxy groups -OCH3 is 1. The van der Waals surface area contributed by atoms with E-state index in [-0.39, 0.29) is 5.97 Å². The van der Waals surface area contributed by atoms with Crippen LogP contribution >= 0.6 is 11.6 Å². The number of nitrogens with one attached hydrogen (secondary N) is 2. The maximum atomic E-state index is 12.0. The zero-order valence-electron chi connectivity index (χ0n) is 17.0. The molecule has 0 amide bonds.